The maximum absolute atomic E-state index is 12.3. The summed E-state index contributed by atoms with van der Waals surface area (Å²) in [6.45, 7) is 0.0337. The van der Waals surface area contributed by atoms with Crippen LogP contribution < -0.4 is 22.0 Å². The normalized spacial score (nSPS) is 10.9. The number of nitrogens with two attached hydrogens (primary N) is 1. The van der Waals surface area contributed by atoms with Gasteiger partial charge in [-0.25, -0.2) is 4.68 Å². The minimum atomic E-state index is -0.610. The fraction of sp³-hybridized carbons (Fsp3) is 0.222. The van der Waals surface area contributed by atoms with Gasteiger partial charge in [0.05, 0.1) is 6.54 Å². The third-order valence-corrected chi connectivity index (χ3v) is 2.74. The van der Waals surface area contributed by atoms with Gasteiger partial charge >= 0.3 is 0 Å². The number of hydrogen-bond acceptors (Lipinski definition) is 9. The molecule has 12 nitrogen and oxygen atoms in total. The minimum Gasteiger partial charge on any atom is -0.369 e. The summed E-state index contributed by atoms with van der Waals surface area (Å²) in [6.07, 6.45) is 0. The van der Waals surface area contributed by atoms with Crippen LogP contribution >= 0.6 is 0 Å². The molecule has 3 aromatic heterocycles. The molecule has 3 rings (SSSR count). The van der Waals surface area contributed by atoms with E-state index in [4.69, 9.17) is 5.73 Å². The molecule has 0 spiro atoms. The van der Waals surface area contributed by atoms with Crippen LogP contribution in [0.15, 0.2) is 9.59 Å². The molecule has 3 heterocycles. The Morgan fingerprint density at radius 2 is 2.19 bits per heavy atom. The van der Waals surface area contributed by atoms with Crippen molar-refractivity contribution in [1.82, 2.24) is 40.4 Å². The number of nitrogens with zero attached hydrogens (tertiary/aromatic N) is 6. The van der Waals surface area contributed by atoms with Crippen molar-refractivity contribution < 1.29 is 0 Å². The van der Waals surface area contributed by atoms with Gasteiger partial charge in [-0.2, -0.15) is 15.3 Å². The Morgan fingerprint density at radius 3 is 2.90 bits per heavy atom. The quantitative estimate of drug-likeness (QED) is 0.414. The van der Waals surface area contributed by atoms with E-state index in [1.54, 1.807) is 7.05 Å². The summed E-state index contributed by atoms with van der Waals surface area (Å²) >= 11 is 0. The molecule has 3 aromatic rings. The third kappa shape index (κ3) is 2.18. The van der Waals surface area contributed by atoms with Gasteiger partial charge in [-0.05, 0) is 5.21 Å². The van der Waals surface area contributed by atoms with Gasteiger partial charge in [-0.1, -0.05) is 5.10 Å². The number of fused-ring (bicyclic) bond motifs is 1. The Labute approximate surface area is 115 Å². The summed E-state index contributed by atoms with van der Waals surface area (Å²) in [7, 11) is 1.56. The van der Waals surface area contributed by atoms with Crippen LogP contribution in [0.3, 0.4) is 0 Å². The van der Waals surface area contributed by atoms with Gasteiger partial charge in [-0.3, -0.25) is 14.6 Å². The highest BCUT2D eigenvalue weighted by Crippen LogP contribution is 2.03. The Balaban J connectivity index is 2.11. The molecule has 0 saturated heterocycles. The zero-order valence-corrected chi connectivity index (χ0v) is 10.8. The van der Waals surface area contributed by atoms with E-state index in [1.807, 2.05) is 0 Å². The van der Waals surface area contributed by atoms with Crippen LogP contribution in [-0.2, 0) is 13.6 Å². The fourth-order valence-corrected chi connectivity index (χ4v) is 1.85. The molecule has 12 heteroatoms. The van der Waals surface area contributed by atoms with Gasteiger partial charge in [0, 0.05) is 7.05 Å². The third-order valence-electron chi connectivity index (χ3n) is 2.74. The summed E-state index contributed by atoms with van der Waals surface area (Å²) in [4.78, 5) is 30.4. The number of rotatable bonds is 3. The van der Waals surface area contributed by atoms with E-state index >= 15 is 0 Å². The Hall–Kier alpha value is -3.31. The van der Waals surface area contributed by atoms with Crippen molar-refractivity contribution in [3.63, 3.8) is 0 Å². The average molecular weight is 290 g/mol. The topological polar surface area (TPSA) is 173 Å². The first-order valence-electron chi connectivity index (χ1n) is 5.79. The average Bonchev–Trinajstić information content (AvgIpc) is 2.93. The first-order chi connectivity index (χ1) is 10.1. The van der Waals surface area contributed by atoms with E-state index in [1.165, 1.54) is 4.68 Å². The highest BCUT2D eigenvalue weighted by Gasteiger charge is 2.14. The van der Waals surface area contributed by atoms with Crippen molar-refractivity contribution in [3.05, 3.63) is 26.3 Å². The lowest BCUT2D eigenvalue weighted by Crippen LogP contribution is -2.27. The fourth-order valence-electron chi connectivity index (χ4n) is 1.85. The molecule has 0 bridgehead atoms. The lowest BCUT2D eigenvalue weighted by Gasteiger charge is -2.07. The summed E-state index contributed by atoms with van der Waals surface area (Å²) in [5.74, 6) is 0.130. The van der Waals surface area contributed by atoms with Crippen LogP contribution in [0, 0.1) is 0 Å². The SMILES string of the molecule is Cn1nc(CNc2nn[nH]n2)c(=O)c2c(=O)[nH]c(N)nc21. The molecule has 0 unspecified atom stereocenters. The van der Waals surface area contributed by atoms with Crippen LogP contribution in [0.25, 0.3) is 11.0 Å². The number of aromatic nitrogens is 8. The summed E-state index contributed by atoms with van der Waals surface area (Å²) in [5.41, 5.74) is 4.54. The molecule has 21 heavy (non-hydrogen) atoms. The zero-order valence-electron chi connectivity index (χ0n) is 10.8. The van der Waals surface area contributed by atoms with E-state index in [-0.39, 0.29) is 35.2 Å². The highest BCUT2D eigenvalue weighted by atomic mass is 16.1. The molecule has 0 radical (unpaired) electrons. The van der Waals surface area contributed by atoms with Crippen molar-refractivity contribution >= 4 is 22.9 Å². The number of H-pyrrole nitrogens is 2. The first-order valence-corrected chi connectivity index (χ1v) is 5.79. The monoisotopic (exact) mass is 290 g/mol. The van der Waals surface area contributed by atoms with Gasteiger partial charge in [0.25, 0.3) is 11.5 Å². The van der Waals surface area contributed by atoms with Gasteiger partial charge in [0.2, 0.25) is 11.4 Å². The van der Waals surface area contributed by atoms with Crippen LogP contribution in [0.5, 0.6) is 0 Å². The predicted molar refractivity (Wildman–Crippen MR) is 71.3 cm³/mol. The molecular formula is C9H10N10O2. The second-order valence-corrected chi connectivity index (χ2v) is 4.14. The molecule has 108 valence electrons. The summed E-state index contributed by atoms with van der Waals surface area (Å²) in [6, 6.07) is 0. The minimum absolute atomic E-state index is 0.0337. The first kappa shape index (κ1) is 12.7. The Kier molecular flexibility index (Phi) is 2.82. The molecule has 0 fully saturated rings. The maximum Gasteiger partial charge on any atom is 0.265 e. The number of nitrogen functional groups attached to an aromatic ring is 1. The highest BCUT2D eigenvalue weighted by molar-refractivity contribution is 5.74. The van der Waals surface area contributed by atoms with Crippen LogP contribution in [0.1, 0.15) is 5.69 Å². The second-order valence-electron chi connectivity index (χ2n) is 4.14. The summed E-state index contributed by atoms with van der Waals surface area (Å²) in [5, 5.41) is 19.7. The van der Waals surface area contributed by atoms with E-state index < -0.39 is 11.0 Å². The van der Waals surface area contributed by atoms with Crippen molar-refractivity contribution in [1.29, 1.82) is 0 Å². The number of aromatic amines is 2. The lowest BCUT2D eigenvalue weighted by molar-refractivity contribution is 0.726. The predicted octanol–water partition coefficient (Wildman–Crippen LogP) is -2.28. The molecule has 0 aliphatic heterocycles. The smallest absolute Gasteiger partial charge is 0.265 e. The number of anilines is 2. The largest absolute Gasteiger partial charge is 0.369 e. The zero-order chi connectivity index (χ0) is 15.0. The maximum atomic E-state index is 12.3. The van der Waals surface area contributed by atoms with E-state index in [9.17, 15) is 9.59 Å². The molecule has 0 atom stereocenters. The summed E-state index contributed by atoms with van der Waals surface area (Å²) < 4.78 is 1.32. The van der Waals surface area contributed by atoms with Crippen LogP contribution in [0.4, 0.5) is 11.9 Å². The standard InChI is InChI=1S/C9H10N10O2/c1-19-6-4(7(21)13-8(10)12-6)5(20)3(16-19)2-11-9-14-17-18-15-9/h2H2,1H3,(H3,10,12,13,21)(H2,11,14,15,17,18). The van der Waals surface area contributed by atoms with Gasteiger partial charge in [-0.15, -0.1) is 5.10 Å². The van der Waals surface area contributed by atoms with Crippen molar-refractivity contribution in [2.45, 2.75) is 6.54 Å². The number of hydrogen-bond donors (Lipinski definition) is 4. The Morgan fingerprint density at radius 1 is 1.38 bits per heavy atom. The van der Waals surface area contributed by atoms with Crippen molar-refractivity contribution in [2.75, 3.05) is 11.1 Å². The molecule has 0 aliphatic rings. The number of nitrogens with one attached hydrogen (secondary N) is 3. The number of aryl methyl sites for hydroxylation is 1. The van der Waals surface area contributed by atoms with Crippen molar-refractivity contribution in [2.24, 2.45) is 7.05 Å². The number of tetrazole rings is 1. The van der Waals surface area contributed by atoms with Gasteiger partial charge in [0.15, 0.2) is 5.65 Å². The van der Waals surface area contributed by atoms with E-state index in [2.05, 4.69) is 41.0 Å². The van der Waals surface area contributed by atoms with E-state index in [0.717, 1.165) is 0 Å². The molecular weight excluding hydrogens is 280 g/mol. The lowest BCUT2D eigenvalue weighted by atomic mass is 10.3. The molecule has 0 saturated carbocycles. The molecule has 0 aromatic carbocycles. The van der Waals surface area contributed by atoms with Crippen LogP contribution in [-0.4, -0.2) is 40.4 Å². The van der Waals surface area contributed by atoms with Crippen LogP contribution in [0.2, 0.25) is 0 Å². The molecule has 0 amide bonds. The van der Waals surface area contributed by atoms with E-state index in [0.29, 0.717) is 0 Å². The molecule has 5 N–H and O–H groups in total. The second kappa shape index (κ2) is 4.66. The van der Waals surface area contributed by atoms with Gasteiger partial charge in [0.1, 0.15) is 11.1 Å². The van der Waals surface area contributed by atoms with Gasteiger partial charge < -0.3 is 11.1 Å². The van der Waals surface area contributed by atoms with Crippen molar-refractivity contribution in [3.8, 4) is 0 Å². The molecule has 0 aliphatic carbocycles. The Bertz CT molecular complexity index is 909.